The van der Waals surface area contributed by atoms with Crippen LogP contribution in [0.3, 0.4) is 0 Å². The number of ether oxygens (including phenoxy) is 1. The number of hydrogen-bond acceptors (Lipinski definition) is 4. The first kappa shape index (κ1) is 11.3. The topological polar surface area (TPSA) is 72.5 Å². The van der Waals surface area contributed by atoms with Crippen molar-refractivity contribution in [3.8, 4) is 0 Å². The first-order valence-corrected chi connectivity index (χ1v) is 5.92. The number of Topliss-reactive ketones (excluding diaryl/α,β-unsaturated/α-hetero) is 2. The van der Waals surface area contributed by atoms with Gasteiger partial charge in [-0.2, -0.15) is 0 Å². The number of amides is 1. The summed E-state index contributed by atoms with van der Waals surface area (Å²) in [6.45, 7) is 3.97. The summed E-state index contributed by atoms with van der Waals surface area (Å²) in [4.78, 5) is 35.8. The summed E-state index contributed by atoms with van der Waals surface area (Å²) in [5.41, 5.74) is 1.10. The van der Waals surface area contributed by atoms with Crippen LogP contribution in [0.4, 0.5) is 0 Å². The van der Waals surface area contributed by atoms with Gasteiger partial charge in [-0.3, -0.25) is 14.4 Å². The van der Waals surface area contributed by atoms with Crippen LogP contribution in [0.5, 0.6) is 0 Å². The predicted octanol–water partition coefficient (Wildman–Crippen LogP) is 0.408. The lowest BCUT2D eigenvalue weighted by Gasteiger charge is -2.25. The molecule has 1 spiro atoms. The van der Waals surface area contributed by atoms with Gasteiger partial charge in [0.15, 0.2) is 5.60 Å². The van der Waals surface area contributed by atoms with Crippen LogP contribution in [-0.2, 0) is 19.1 Å². The fourth-order valence-corrected chi connectivity index (χ4v) is 2.82. The van der Waals surface area contributed by atoms with E-state index in [1.807, 2.05) is 6.92 Å². The average Bonchev–Trinajstić information content (AvgIpc) is 2.79. The summed E-state index contributed by atoms with van der Waals surface area (Å²) in [5, 5.41) is 2.70. The molecule has 1 N–H and O–H groups in total. The lowest BCUT2D eigenvalue weighted by molar-refractivity contribution is -0.139. The fraction of sp³-hybridized carbons (Fsp3) is 0.462. The van der Waals surface area contributed by atoms with E-state index in [0.717, 1.165) is 11.1 Å². The molecule has 0 aromatic carbocycles. The Morgan fingerprint density at radius 2 is 1.89 bits per heavy atom. The molecule has 3 rings (SSSR count). The molecule has 3 aliphatic rings. The lowest BCUT2D eigenvalue weighted by atomic mass is 9.80. The Balaban J connectivity index is 2.22. The van der Waals surface area contributed by atoms with Crippen LogP contribution >= 0.6 is 0 Å². The van der Waals surface area contributed by atoms with Crippen molar-refractivity contribution in [3.05, 3.63) is 22.4 Å². The first-order valence-electron chi connectivity index (χ1n) is 5.92. The van der Waals surface area contributed by atoms with Crippen molar-refractivity contribution in [1.29, 1.82) is 0 Å². The van der Waals surface area contributed by atoms with Crippen LogP contribution in [0.15, 0.2) is 22.4 Å². The van der Waals surface area contributed by atoms with E-state index in [1.165, 1.54) is 0 Å². The highest BCUT2D eigenvalue weighted by molar-refractivity contribution is 6.46. The smallest absolute Gasteiger partial charge is 0.265 e. The number of carbonyl (C=O) groups excluding carboxylic acids is 3. The van der Waals surface area contributed by atoms with Crippen molar-refractivity contribution in [1.82, 2.24) is 5.32 Å². The summed E-state index contributed by atoms with van der Waals surface area (Å²) < 4.78 is 5.61. The number of hydrogen-bond donors (Lipinski definition) is 1. The standard InChI is InChI=1S/C13H13NO4/c1-6-5-18-13(7(6)2)10-8(14-12(13)17)3-4-9(15)11(10)16/h3-5H2,1-2H3,(H,14,17). The summed E-state index contributed by atoms with van der Waals surface area (Å²) in [5.74, 6) is -1.36. The molecule has 1 amide bonds. The number of nitrogens with one attached hydrogen (secondary N) is 1. The van der Waals surface area contributed by atoms with Crippen molar-refractivity contribution in [2.24, 2.45) is 0 Å². The van der Waals surface area contributed by atoms with Crippen LogP contribution in [-0.4, -0.2) is 29.7 Å². The molecule has 1 unspecified atom stereocenters. The molecule has 0 aromatic rings. The van der Waals surface area contributed by atoms with E-state index >= 15 is 0 Å². The Hall–Kier alpha value is -1.75. The highest BCUT2D eigenvalue weighted by Crippen LogP contribution is 2.44. The molecule has 5 heteroatoms. The van der Waals surface area contributed by atoms with E-state index in [9.17, 15) is 14.4 Å². The monoisotopic (exact) mass is 247 g/mol. The molecule has 5 nitrogen and oxygen atoms in total. The maximum Gasteiger partial charge on any atom is 0.265 e. The molecule has 0 saturated carbocycles. The third-order valence-corrected chi connectivity index (χ3v) is 3.99. The van der Waals surface area contributed by atoms with Crippen molar-refractivity contribution < 1.29 is 19.1 Å². The van der Waals surface area contributed by atoms with Gasteiger partial charge in [0.2, 0.25) is 11.6 Å². The molecule has 0 fully saturated rings. The van der Waals surface area contributed by atoms with Crippen LogP contribution in [0.2, 0.25) is 0 Å². The molecular weight excluding hydrogens is 234 g/mol. The van der Waals surface area contributed by atoms with Crippen molar-refractivity contribution in [2.45, 2.75) is 32.3 Å². The number of carbonyl (C=O) groups is 3. The highest BCUT2D eigenvalue weighted by atomic mass is 16.5. The molecule has 2 heterocycles. The maximum absolute atomic E-state index is 12.2. The van der Waals surface area contributed by atoms with Crippen LogP contribution in [0, 0.1) is 0 Å². The second-order valence-corrected chi connectivity index (χ2v) is 4.94. The Morgan fingerprint density at radius 3 is 2.50 bits per heavy atom. The Labute approximate surface area is 104 Å². The Morgan fingerprint density at radius 1 is 1.17 bits per heavy atom. The van der Waals surface area contributed by atoms with Crippen LogP contribution < -0.4 is 5.32 Å². The second kappa shape index (κ2) is 3.38. The number of rotatable bonds is 0. The van der Waals surface area contributed by atoms with Gasteiger partial charge in [0.1, 0.15) is 0 Å². The molecule has 18 heavy (non-hydrogen) atoms. The third-order valence-electron chi connectivity index (χ3n) is 3.99. The van der Waals surface area contributed by atoms with Crippen LogP contribution in [0.25, 0.3) is 0 Å². The van der Waals surface area contributed by atoms with Crippen molar-refractivity contribution >= 4 is 17.5 Å². The average molecular weight is 247 g/mol. The van der Waals surface area contributed by atoms with Gasteiger partial charge >= 0.3 is 0 Å². The normalized spacial score (nSPS) is 31.6. The molecule has 0 bridgehead atoms. The molecule has 94 valence electrons. The van der Waals surface area contributed by atoms with Crippen molar-refractivity contribution in [2.75, 3.05) is 6.61 Å². The minimum Gasteiger partial charge on any atom is -0.351 e. The number of ketones is 2. The predicted molar refractivity (Wildman–Crippen MR) is 61.5 cm³/mol. The van der Waals surface area contributed by atoms with Gasteiger partial charge in [0, 0.05) is 12.1 Å². The zero-order valence-electron chi connectivity index (χ0n) is 10.3. The van der Waals surface area contributed by atoms with E-state index in [2.05, 4.69) is 5.32 Å². The maximum atomic E-state index is 12.2. The highest BCUT2D eigenvalue weighted by Gasteiger charge is 2.58. The quantitative estimate of drug-likeness (QED) is 0.497. The van der Waals surface area contributed by atoms with Gasteiger partial charge in [-0.05, 0) is 31.4 Å². The number of allylic oxidation sites excluding steroid dienone is 1. The van der Waals surface area contributed by atoms with E-state index in [4.69, 9.17) is 4.74 Å². The van der Waals surface area contributed by atoms with E-state index < -0.39 is 17.2 Å². The summed E-state index contributed by atoms with van der Waals surface area (Å²) in [7, 11) is 0. The molecule has 1 atom stereocenters. The number of fused-ring (bicyclic) bond motifs is 1. The zero-order chi connectivity index (χ0) is 13.1. The minimum atomic E-state index is -1.34. The Kier molecular flexibility index (Phi) is 2.13. The largest absolute Gasteiger partial charge is 0.351 e. The van der Waals surface area contributed by atoms with Crippen LogP contribution in [0.1, 0.15) is 26.7 Å². The van der Waals surface area contributed by atoms with Gasteiger partial charge in [0.05, 0.1) is 12.2 Å². The van der Waals surface area contributed by atoms with Gasteiger partial charge in [-0.1, -0.05) is 0 Å². The SMILES string of the molecule is CC1=C(C)C2(OC1)C(=O)NC1=C2C(=O)C(=O)CC1. The van der Waals surface area contributed by atoms with E-state index in [-0.39, 0.29) is 17.9 Å². The molecule has 0 radical (unpaired) electrons. The minimum absolute atomic E-state index is 0.162. The van der Waals surface area contributed by atoms with Gasteiger partial charge in [-0.15, -0.1) is 0 Å². The Bertz CT molecular complexity index is 570. The third kappa shape index (κ3) is 1.12. The first-order chi connectivity index (χ1) is 8.48. The second-order valence-electron chi connectivity index (χ2n) is 4.94. The summed E-state index contributed by atoms with van der Waals surface area (Å²) in [6.07, 6.45) is 0.568. The van der Waals surface area contributed by atoms with Crippen molar-refractivity contribution in [3.63, 3.8) is 0 Å². The van der Waals surface area contributed by atoms with Gasteiger partial charge < -0.3 is 10.1 Å². The van der Waals surface area contributed by atoms with Gasteiger partial charge in [-0.25, -0.2) is 0 Å². The summed E-state index contributed by atoms with van der Waals surface area (Å²) >= 11 is 0. The molecule has 1 aliphatic carbocycles. The lowest BCUT2D eigenvalue weighted by Crippen LogP contribution is -2.45. The molecule has 0 aromatic heterocycles. The molecule has 2 aliphatic heterocycles. The molecular formula is C13H13NO4. The van der Waals surface area contributed by atoms with E-state index in [0.29, 0.717) is 18.7 Å². The van der Waals surface area contributed by atoms with Gasteiger partial charge in [0.25, 0.3) is 5.91 Å². The zero-order valence-corrected chi connectivity index (χ0v) is 10.3. The van der Waals surface area contributed by atoms with E-state index in [1.54, 1.807) is 6.92 Å². The molecule has 0 saturated heterocycles. The fourth-order valence-electron chi connectivity index (χ4n) is 2.82. The summed E-state index contributed by atoms with van der Waals surface area (Å²) in [6, 6.07) is 0.